The van der Waals surface area contributed by atoms with E-state index in [2.05, 4.69) is 4.72 Å². The first-order valence-electron chi connectivity index (χ1n) is 8.77. The Morgan fingerprint density at radius 2 is 1.67 bits per heavy atom. The van der Waals surface area contributed by atoms with Crippen molar-refractivity contribution in [1.82, 2.24) is 4.90 Å². The van der Waals surface area contributed by atoms with Gasteiger partial charge < -0.3 is 10.6 Å². The fourth-order valence-corrected chi connectivity index (χ4v) is 4.12. The maximum absolute atomic E-state index is 13.0. The molecule has 2 aromatic rings. The van der Waals surface area contributed by atoms with E-state index in [-0.39, 0.29) is 10.8 Å². The standard InChI is InChI=1S/C19H22FN3O3S/c20-16-3-7-18(8-4-16)27(25,26)22-17-5-1-15(2-6-17)19(24)23-11-9-14(13-21)10-12-23/h1-8,14,22H,9-13,21H2. The van der Waals surface area contributed by atoms with Gasteiger partial charge in [0.25, 0.3) is 15.9 Å². The van der Waals surface area contributed by atoms with E-state index in [0.29, 0.717) is 36.8 Å². The lowest BCUT2D eigenvalue weighted by atomic mass is 9.96. The van der Waals surface area contributed by atoms with Crippen molar-refractivity contribution in [3.8, 4) is 0 Å². The molecule has 0 aliphatic carbocycles. The van der Waals surface area contributed by atoms with Crippen LogP contribution in [0.4, 0.5) is 10.1 Å². The van der Waals surface area contributed by atoms with Crippen LogP contribution in [-0.2, 0) is 10.0 Å². The van der Waals surface area contributed by atoms with Crippen LogP contribution in [0.2, 0.25) is 0 Å². The van der Waals surface area contributed by atoms with Crippen LogP contribution in [0.25, 0.3) is 0 Å². The average Bonchev–Trinajstić information content (AvgIpc) is 2.68. The first kappa shape index (κ1) is 19.3. The number of likely N-dealkylation sites (tertiary alicyclic amines) is 1. The highest BCUT2D eigenvalue weighted by atomic mass is 32.2. The van der Waals surface area contributed by atoms with E-state index in [1.807, 2.05) is 0 Å². The lowest BCUT2D eigenvalue weighted by molar-refractivity contribution is 0.0693. The fraction of sp³-hybridized carbons (Fsp3) is 0.316. The van der Waals surface area contributed by atoms with Crippen LogP contribution in [0.15, 0.2) is 53.4 Å². The van der Waals surface area contributed by atoms with Crippen molar-refractivity contribution in [2.45, 2.75) is 17.7 Å². The highest BCUT2D eigenvalue weighted by Crippen LogP contribution is 2.20. The number of halogens is 1. The van der Waals surface area contributed by atoms with Gasteiger partial charge in [-0.1, -0.05) is 0 Å². The van der Waals surface area contributed by atoms with Crippen molar-refractivity contribution in [3.05, 3.63) is 59.9 Å². The molecule has 0 unspecified atom stereocenters. The largest absolute Gasteiger partial charge is 0.339 e. The maximum atomic E-state index is 13.0. The smallest absolute Gasteiger partial charge is 0.261 e. The van der Waals surface area contributed by atoms with Crippen molar-refractivity contribution in [1.29, 1.82) is 0 Å². The summed E-state index contributed by atoms with van der Waals surface area (Å²) in [5, 5.41) is 0. The molecule has 1 amide bonds. The van der Waals surface area contributed by atoms with Crippen LogP contribution in [-0.4, -0.2) is 38.9 Å². The molecule has 3 rings (SSSR count). The number of piperidine rings is 1. The number of carbonyl (C=O) groups excluding carboxylic acids is 1. The van der Waals surface area contributed by atoms with Gasteiger partial charge in [0.15, 0.2) is 0 Å². The Morgan fingerprint density at radius 1 is 1.07 bits per heavy atom. The number of rotatable bonds is 5. The van der Waals surface area contributed by atoms with E-state index in [0.717, 1.165) is 25.0 Å². The Hall–Kier alpha value is -2.45. The third-order valence-electron chi connectivity index (χ3n) is 4.74. The number of nitrogens with zero attached hydrogens (tertiary/aromatic N) is 1. The Morgan fingerprint density at radius 3 is 2.22 bits per heavy atom. The molecule has 1 aliphatic heterocycles. The van der Waals surface area contributed by atoms with Crippen molar-refractivity contribution < 1.29 is 17.6 Å². The van der Waals surface area contributed by atoms with E-state index in [4.69, 9.17) is 5.73 Å². The van der Waals surface area contributed by atoms with Crippen molar-refractivity contribution in [2.75, 3.05) is 24.4 Å². The summed E-state index contributed by atoms with van der Waals surface area (Å²) in [6, 6.07) is 10.8. The molecule has 0 atom stereocenters. The number of hydrogen-bond donors (Lipinski definition) is 2. The van der Waals surface area contributed by atoms with Crippen LogP contribution in [0.5, 0.6) is 0 Å². The topological polar surface area (TPSA) is 92.5 Å². The molecule has 1 heterocycles. The molecule has 2 aromatic carbocycles. The fourth-order valence-electron chi connectivity index (χ4n) is 3.06. The molecular formula is C19H22FN3O3S. The highest BCUT2D eigenvalue weighted by Gasteiger charge is 2.23. The summed E-state index contributed by atoms with van der Waals surface area (Å²) < 4.78 is 40.0. The number of sulfonamides is 1. The third kappa shape index (κ3) is 4.64. The van der Waals surface area contributed by atoms with Crippen molar-refractivity contribution in [3.63, 3.8) is 0 Å². The molecule has 0 bridgehead atoms. The normalized spacial score (nSPS) is 15.6. The quantitative estimate of drug-likeness (QED) is 0.819. The molecule has 0 spiro atoms. The maximum Gasteiger partial charge on any atom is 0.261 e. The summed E-state index contributed by atoms with van der Waals surface area (Å²) in [5.74, 6) is -0.108. The highest BCUT2D eigenvalue weighted by molar-refractivity contribution is 7.92. The van der Waals surface area contributed by atoms with Gasteiger partial charge in [0.1, 0.15) is 5.82 Å². The Bertz CT molecular complexity index is 891. The molecule has 27 heavy (non-hydrogen) atoms. The summed E-state index contributed by atoms with van der Waals surface area (Å²) >= 11 is 0. The number of nitrogens with one attached hydrogen (secondary N) is 1. The zero-order valence-corrected chi connectivity index (χ0v) is 15.6. The van der Waals surface area contributed by atoms with E-state index in [1.165, 1.54) is 12.1 Å². The third-order valence-corrected chi connectivity index (χ3v) is 6.14. The monoisotopic (exact) mass is 391 g/mol. The van der Waals surface area contributed by atoms with Gasteiger partial charge in [-0.15, -0.1) is 0 Å². The van der Waals surface area contributed by atoms with Gasteiger partial charge in [-0.2, -0.15) is 0 Å². The second kappa shape index (κ2) is 8.06. The van der Waals surface area contributed by atoms with Gasteiger partial charge in [0, 0.05) is 24.3 Å². The number of carbonyl (C=O) groups is 1. The summed E-state index contributed by atoms with van der Waals surface area (Å²) in [5.41, 5.74) is 6.51. The first-order chi connectivity index (χ1) is 12.9. The van der Waals surface area contributed by atoms with Crippen LogP contribution in [0.1, 0.15) is 23.2 Å². The van der Waals surface area contributed by atoms with Crippen LogP contribution in [0, 0.1) is 11.7 Å². The Labute approximate surface area is 158 Å². The van der Waals surface area contributed by atoms with E-state index >= 15 is 0 Å². The molecule has 6 nitrogen and oxygen atoms in total. The van der Waals surface area contributed by atoms with Gasteiger partial charge in [-0.05, 0) is 73.8 Å². The number of hydrogen-bond acceptors (Lipinski definition) is 4. The van der Waals surface area contributed by atoms with Crippen LogP contribution < -0.4 is 10.5 Å². The van der Waals surface area contributed by atoms with Crippen molar-refractivity contribution in [2.24, 2.45) is 11.7 Å². The average molecular weight is 391 g/mol. The molecule has 1 saturated heterocycles. The Kier molecular flexibility index (Phi) is 5.76. The van der Waals surface area contributed by atoms with Crippen LogP contribution >= 0.6 is 0 Å². The molecule has 0 radical (unpaired) electrons. The van der Waals surface area contributed by atoms with Gasteiger partial charge in [0.05, 0.1) is 4.90 Å². The molecular weight excluding hydrogens is 369 g/mol. The second-order valence-electron chi connectivity index (χ2n) is 6.61. The van der Waals surface area contributed by atoms with Gasteiger partial charge >= 0.3 is 0 Å². The van der Waals surface area contributed by atoms with E-state index in [9.17, 15) is 17.6 Å². The predicted octanol–water partition coefficient (Wildman–Crippen LogP) is 2.44. The van der Waals surface area contributed by atoms with Crippen LogP contribution in [0.3, 0.4) is 0 Å². The molecule has 0 saturated carbocycles. The number of nitrogens with two attached hydrogens (primary N) is 1. The molecule has 3 N–H and O–H groups in total. The number of benzene rings is 2. The van der Waals surface area contributed by atoms with Gasteiger partial charge in [-0.3, -0.25) is 9.52 Å². The molecule has 1 fully saturated rings. The number of amides is 1. The SMILES string of the molecule is NCC1CCN(C(=O)c2ccc(NS(=O)(=O)c3ccc(F)cc3)cc2)CC1. The van der Waals surface area contributed by atoms with Gasteiger partial charge in [0.2, 0.25) is 0 Å². The lowest BCUT2D eigenvalue weighted by Crippen LogP contribution is -2.40. The molecule has 1 aliphatic rings. The minimum absolute atomic E-state index is 0.0353. The Balaban J connectivity index is 1.66. The zero-order chi connectivity index (χ0) is 19.4. The summed E-state index contributed by atoms with van der Waals surface area (Å²) in [7, 11) is -3.82. The zero-order valence-electron chi connectivity index (χ0n) is 14.8. The molecule has 144 valence electrons. The van der Waals surface area contributed by atoms with E-state index < -0.39 is 15.8 Å². The number of anilines is 1. The van der Waals surface area contributed by atoms with Gasteiger partial charge in [-0.25, -0.2) is 12.8 Å². The summed E-state index contributed by atoms with van der Waals surface area (Å²) in [4.78, 5) is 14.3. The minimum atomic E-state index is -3.82. The van der Waals surface area contributed by atoms with Crippen molar-refractivity contribution >= 4 is 21.6 Å². The molecule has 8 heteroatoms. The minimum Gasteiger partial charge on any atom is -0.339 e. The molecule has 0 aromatic heterocycles. The summed E-state index contributed by atoms with van der Waals surface area (Å²) in [6.45, 7) is 2.00. The predicted molar refractivity (Wildman–Crippen MR) is 101 cm³/mol. The van der Waals surface area contributed by atoms with E-state index in [1.54, 1.807) is 29.2 Å². The first-order valence-corrected chi connectivity index (χ1v) is 10.2. The summed E-state index contributed by atoms with van der Waals surface area (Å²) in [6.07, 6.45) is 1.80. The lowest BCUT2D eigenvalue weighted by Gasteiger charge is -2.31. The second-order valence-corrected chi connectivity index (χ2v) is 8.29.